The third-order valence-electron chi connectivity index (χ3n) is 2.31. The van der Waals surface area contributed by atoms with Crippen LogP contribution in [0.2, 0.25) is 0 Å². The first kappa shape index (κ1) is 11.0. The van der Waals surface area contributed by atoms with Gasteiger partial charge in [0.05, 0.1) is 11.7 Å². The molecule has 0 bridgehead atoms. The van der Waals surface area contributed by atoms with Gasteiger partial charge in [0.15, 0.2) is 0 Å². The van der Waals surface area contributed by atoms with Crippen LogP contribution in [0.15, 0.2) is 12.4 Å². The summed E-state index contributed by atoms with van der Waals surface area (Å²) >= 11 is 0. The van der Waals surface area contributed by atoms with Gasteiger partial charge >= 0.3 is 0 Å². The highest BCUT2D eigenvalue weighted by molar-refractivity contribution is 5.66. The van der Waals surface area contributed by atoms with Gasteiger partial charge in [-0.25, -0.2) is 0 Å². The van der Waals surface area contributed by atoms with Gasteiger partial charge in [0.2, 0.25) is 0 Å². The van der Waals surface area contributed by atoms with Gasteiger partial charge in [0.1, 0.15) is 6.29 Å². The molecule has 0 aliphatic rings. The number of nitrogens with zero attached hydrogens (tertiary/aromatic N) is 2. The maximum Gasteiger partial charge on any atom is 0.130 e. The van der Waals surface area contributed by atoms with Crippen molar-refractivity contribution in [3.63, 3.8) is 0 Å². The third-order valence-corrected chi connectivity index (χ3v) is 2.31. The first-order chi connectivity index (χ1) is 6.27. The number of carbonyl (C=O) groups excluding carboxylic acids is 1. The van der Waals surface area contributed by atoms with Crippen LogP contribution in [0.5, 0.6) is 0 Å². The lowest BCUT2D eigenvalue weighted by atomic mass is 9.89. The Morgan fingerprint density at radius 2 is 1.86 bits per heavy atom. The molecule has 0 unspecified atom stereocenters. The molecule has 78 valence electrons. The van der Waals surface area contributed by atoms with E-state index in [4.69, 9.17) is 0 Å². The molecule has 0 radical (unpaired) electrons. The normalized spacial score (nSPS) is 12.9. The zero-order valence-corrected chi connectivity index (χ0v) is 9.53. The lowest BCUT2D eigenvalue weighted by molar-refractivity contribution is -0.111. The molecule has 0 aliphatic heterocycles. The first-order valence-corrected chi connectivity index (χ1v) is 4.79. The second kappa shape index (κ2) is 3.23. The van der Waals surface area contributed by atoms with E-state index in [-0.39, 0.29) is 5.54 Å². The van der Waals surface area contributed by atoms with Crippen LogP contribution in [-0.2, 0) is 15.7 Å². The van der Waals surface area contributed by atoms with Crippen molar-refractivity contribution < 1.29 is 4.79 Å². The Kier molecular flexibility index (Phi) is 2.52. The van der Waals surface area contributed by atoms with Gasteiger partial charge in [0, 0.05) is 17.2 Å². The fourth-order valence-corrected chi connectivity index (χ4v) is 1.09. The van der Waals surface area contributed by atoms with Gasteiger partial charge in [-0.3, -0.25) is 4.68 Å². The van der Waals surface area contributed by atoms with Crippen LogP contribution in [-0.4, -0.2) is 16.1 Å². The van der Waals surface area contributed by atoms with E-state index in [2.05, 4.69) is 25.9 Å². The van der Waals surface area contributed by atoms with Crippen molar-refractivity contribution in [2.45, 2.75) is 45.6 Å². The molecule has 0 N–H and O–H groups in total. The van der Waals surface area contributed by atoms with Crippen molar-refractivity contribution in [1.82, 2.24) is 9.78 Å². The summed E-state index contributed by atoms with van der Waals surface area (Å²) in [4.78, 5) is 10.8. The number of aldehydes is 1. The van der Waals surface area contributed by atoms with E-state index in [9.17, 15) is 4.79 Å². The molecule has 0 saturated heterocycles. The van der Waals surface area contributed by atoms with Crippen molar-refractivity contribution >= 4 is 6.29 Å². The molecular formula is C11H18N2O. The Bertz CT molecular complexity index is 331. The smallest absolute Gasteiger partial charge is 0.130 e. The third kappa shape index (κ3) is 2.03. The van der Waals surface area contributed by atoms with E-state index in [0.29, 0.717) is 0 Å². The highest BCUT2D eigenvalue weighted by Crippen LogP contribution is 2.22. The van der Waals surface area contributed by atoms with Crippen LogP contribution in [0.4, 0.5) is 0 Å². The van der Waals surface area contributed by atoms with Gasteiger partial charge in [-0.1, -0.05) is 0 Å². The second-order valence-corrected chi connectivity index (χ2v) is 5.18. The maximum atomic E-state index is 10.8. The zero-order valence-electron chi connectivity index (χ0n) is 9.53. The molecule has 1 rings (SSSR count). The van der Waals surface area contributed by atoms with Crippen molar-refractivity contribution in [3.8, 4) is 0 Å². The lowest BCUT2D eigenvalue weighted by Gasteiger charge is -2.19. The highest BCUT2D eigenvalue weighted by Gasteiger charge is 2.23. The Hall–Kier alpha value is -1.12. The molecule has 0 amide bonds. The Labute approximate surface area is 85.1 Å². The molecule has 0 atom stereocenters. The number of carbonyl (C=O) groups is 1. The van der Waals surface area contributed by atoms with E-state index in [1.54, 1.807) is 6.20 Å². The summed E-state index contributed by atoms with van der Waals surface area (Å²) in [5.41, 5.74) is 0.489. The van der Waals surface area contributed by atoms with Gasteiger partial charge in [0.25, 0.3) is 0 Å². The van der Waals surface area contributed by atoms with E-state index >= 15 is 0 Å². The molecule has 0 spiro atoms. The number of aromatic nitrogens is 2. The van der Waals surface area contributed by atoms with E-state index in [1.807, 2.05) is 24.7 Å². The zero-order chi connectivity index (χ0) is 11.0. The molecule has 3 heteroatoms. The van der Waals surface area contributed by atoms with Crippen LogP contribution in [0.3, 0.4) is 0 Å². The summed E-state index contributed by atoms with van der Waals surface area (Å²) in [6.07, 6.45) is 4.66. The van der Waals surface area contributed by atoms with Crippen molar-refractivity contribution in [1.29, 1.82) is 0 Å². The standard InChI is InChI=1S/C11H18N2O/c1-10(2,3)13-7-9(6-12-13)11(4,5)8-14/h6-8H,1-5H3. The predicted molar refractivity (Wildman–Crippen MR) is 56.3 cm³/mol. The summed E-state index contributed by atoms with van der Waals surface area (Å²) in [5, 5.41) is 4.26. The quantitative estimate of drug-likeness (QED) is 0.676. The minimum atomic E-state index is -0.441. The minimum absolute atomic E-state index is 0.0305. The molecular weight excluding hydrogens is 176 g/mol. The largest absolute Gasteiger partial charge is 0.302 e. The molecule has 0 aliphatic carbocycles. The monoisotopic (exact) mass is 194 g/mol. The molecule has 1 heterocycles. The lowest BCUT2D eigenvalue weighted by Crippen LogP contribution is -2.23. The Balaban J connectivity index is 3.06. The Morgan fingerprint density at radius 1 is 1.29 bits per heavy atom. The summed E-state index contributed by atoms with van der Waals surface area (Å²) in [6.45, 7) is 10.0. The van der Waals surface area contributed by atoms with Crippen molar-refractivity contribution in [2.24, 2.45) is 0 Å². The van der Waals surface area contributed by atoms with Crippen LogP contribution >= 0.6 is 0 Å². The van der Waals surface area contributed by atoms with E-state index in [0.717, 1.165) is 11.8 Å². The summed E-state index contributed by atoms with van der Waals surface area (Å²) in [5.74, 6) is 0. The number of hydrogen-bond acceptors (Lipinski definition) is 2. The van der Waals surface area contributed by atoms with Gasteiger partial charge in [-0.2, -0.15) is 5.10 Å². The van der Waals surface area contributed by atoms with E-state index < -0.39 is 5.41 Å². The second-order valence-electron chi connectivity index (χ2n) is 5.18. The molecule has 1 aromatic heterocycles. The minimum Gasteiger partial charge on any atom is -0.302 e. The predicted octanol–water partition coefficient (Wildman–Crippen LogP) is 2.11. The summed E-state index contributed by atoms with van der Waals surface area (Å²) < 4.78 is 1.88. The van der Waals surface area contributed by atoms with Gasteiger partial charge in [-0.05, 0) is 34.6 Å². The SMILES string of the molecule is CC(C)(C=O)c1cnn(C(C)(C)C)c1. The number of hydrogen-bond donors (Lipinski definition) is 0. The maximum absolute atomic E-state index is 10.8. The topological polar surface area (TPSA) is 34.9 Å². The van der Waals surface area contributed by atoms with Gasteiger partial charge < -0.3 is 4.79 Å². The van der Waals surface area contributed by atoms with Gasteiger partial charge in [-0.15, -0.1) is 0 Å². The summed E-state index contributed by atoms with van der Waals surface area (Å²) in [7, 11) is 0. The average molecular weight is 194 g/mol. The van der Waals surface area contributed by atoms with Crippen LogP contribution in [0, 0.1) is 0 Å². The number of rotatable bonds is 2. The van der Waals surface area contributed by atoms with Crippen molar-refractivity contribution in [3.05, 3.63) is 18.0 Å². The summed E-state index contributed by atoms with van der Waals surface area (Å²) in [6, 6.07) is 0. The molecule has 3 nitrogen and oxygen atoms in total. The molecule has 14 heavy (non-hydrogen) atoms. The van der Waals surface area contributed by atoms with Crippen LogP contribution < -0.4 is 0 Å². The Morgan fingerprint density at radius 3 is 2.21 bits per heavy atom. The molecule has 1 aromatic rings. The average Bonchev–Trinajstić information content (AvgIpc) is 2.51. The first-order valence-electron chi connectivity index (χ1n) is 4.79. The molecule has 0 saturated carbocycles. The fraction of sp³-hybridized carbons (Fsp3) is 0.636. The van der Waals surface area contributed by atoms with E-state index in [1.165, 1.54) is 0 Å². The fourth-order valence-electron chi connectivity index (χ4n) is 1.09. The molecule has 0 aromatic carbocycles. The highest BCUT2D eigenvalue weighted by atomic mass is 16.1. The van der Waals surface area contributed by atoms with Crippen molar-refractivity contribution in [2.75, 3.05) is 0 Å². The van der Waals surface area contributed by atoms with Crippen LogP contribution in [0.25, 0.3) is 0 Å². The molecule has 0 fully saturated rings. The van der Waals surface area contributed by atoms with Crippen LogP contribution in [0.1, 0.15) is 40.2 Å².